The first-order valence-corrected chi connectivity index (χ1v) is 7.28. The number of hydrogen-bond donors (Lipinski definition) is 2. The maximum atomic E-state index is 12.1. The zero-order valence-electron chi connectivity index (χ0n) is 11.1. The van der Waals surface area contributed by atoms with Crippen LogP contribution in [0, 0.1) is 11.3 Å². The van der Waals surface area contributed by atoms with Crippen molar-refractivity contribution in [2.45, 2.75) is 24.8 Å². The van der Waals surface area contributed by atoms with Crippen LogP contribution in [0.3, 0.4) is 0 Å². The highest BCUT2D eigenvalue weighted by molar-refractivity contribution is 7.89. The molecule has 8 heteroatoms. The Balaban J connectivity index is 3.07. The molecule has 0 fully saturated rings. The summed E-state index contributed by atoms with van der Waals surface area (Å²) in [5.41, 5.74) is 5.68. The van der Waals surface area contributed by atoms with E-state index in [9.17, 15) is 13.2 Å². The second kappa shape index (κ2) is 6.36. The lowest BCUT2D eigenvalue weighted by Crippen LogP contribution is -2.39. The number of hydrogen-bond acceptors (Lipinski definition) is 6. The average Bonchev–Trinajstić information content (AvgIpc) is 2.37. The lowest BCUT2D eigenvalue weighted by atomic mass is 10.2. The standard InChI is InChI=1S/C12H15N3O4S/c1-3-19-12(16)8(2)15-20(17,18)11-5-4-10(14)6-9(11)7-13/h4-6,8,15H,3,14H2,1-2H3. The molecule has 0 spiro atoms. The van der Waals surface area contributed by atoms with Crippen molar-refractivity contribution in [3.05, 3.63) is 23.8 Å². The molecule has 1 atom stereocenters. The van der Waals surface area contributed by atoms with E-state index in [1.807, 2.05) is 0 Å². The summed E-state index contributed by atoms with van der Waals surface area (Å²) in [7, 11) is -4.01. The van der Waals surface area contributed by atoms with Gasteiger partial charge in [0.2, 0.25) is 10.0 Å². The zero-order valence-corrected chi connectivity index (χ0v) is 11.9. The molecule has 0 aliphatic carbocycles. The Labute approximate surface area is 117 Å². The highest BCUT2D eigenvalue weighted by Gasteiger charge is 2.25. The maximum Gasteiger partial charge on any atom is 0.323 e. The van der Waals surface area contributed by atoms with Crippen LogP contribution in [0.4, 0.5) is 5.69 Å². The first kappa shape index (κ1) is 15.9. The molecular weight excluding hydrogens is 282 g/mol. The van der Waals surface area contributed by atoms with Crippen LogP contribution in [0.2, 0.25) is 0 Å². The van der Waals surface area contributed by atoms with E-state index in [1.165, 1.54) is 25.1 Å². The molecule has 0 saturated carbocycles. The Bertz CT molecular complexity index is 649. The van der Waals surface area contributed by atoms with Crippen molar-refractivity contribution < 1.29 is 17.9 Å². The van der Waals surface area contributed by atoms with Crippen LogP contribution in [0.5, 0.6) is 0 Å². The normalized spacial score (nSPS) is 12.4. The van der Waals surface area contributed by atoms with Gasteiger partial charge in [0, 0.05) is 5.69 Å². The fraction of sp³-hybridized carbons (Fsp3) is 0.333. The van der Waals surface area contributed by atoms with Gasteiger partial charge in [0.15, 0.2) is 0 Å². The van der Waals surface area contributed by atoms with Gasteiger partial charge in [-0.05, 0) is 32.0 Å². The Hall–Kier alpha value is -2.11. The Kier molecular flexibility index (Phi) is 5.07. The fourth-order valence-corrected chi connectivity index (χ4v) is 2.81. The summed E-state index contributed by atoms with van der Waals surface area (Å²) in [6.07, 6.45) is 0. The van der Waals surface area contributed by atoms with Crippen molar-refractivity contribution in [2.24, 2.45) is 0 Å². The van der Waals surface area contributed by atoms with Crippen molar-refractivity contribution in [1.82, 2.24) is 4.72 Å². The summed E-state index contributed by atoms with van der Waals surface area (Å²) in [5.74, 6) is -0.690. The minimum absolute atomic E-state index is 0.0893. The summed E-state index contributed by atoms with van der Waals surface area (Å²) in [5, 5.41) is 8.94. The third kappa shape index (κ3) is 3.69. The number of nitrogens with zero attached hydrogens (tertiary/aromatic N) is 1. The first-order valence-electron chi connectivity index (χ1n) is 5.80. The molecule has 0 aromatic heterocycles. The van der Waals surface area contributed by atoms with Crippen LogP contribution in [0.1, 0.15) is 19.4 Å². The molecule has 0 heterocycles. The smallest absolute Gasteiger partial charge is 0.323 e. The Morgan fingerprint density at radius 3 is 2.75 bits per heavy atom. The summed E-state index contributed by atoms with van der Waals surface area (Å²) < 4.78 is 31.1. The van der Waals surface area contributed by atoms with Gasteiger partial charge in [0.05, 0.1) is 17.1 Å². The lowest BCUT2D eigenvalue weighted by Gasteiger charge is -2.13. The van der Waals surface area contributed by atoms with Crippen LogP contribution >= 0.6 is 0 Å². The van der Waals surface area contributed by atoms with Gasteiger partial charge in [0.25, 0.3) is 0 Å². The number of rotatable bonds is 5. The van der Waals surface area contributed by atoms with Gasteiger partial charge in [-0.1, -0.05) is 0 Å². The van der Waals surface area contributed by atoms with E-state index < -0.39 is 22.0 Å². The van der Waals surface area contributed by atoms with Gasteiger partial charge in [-0.15, -0.1) is 0 Å². The molecule has 0 aliphatic heterocycles. The molecule has 1 rings (SSSR count). The number of sulfonamides is 1. The van der Waals surface area contributed by atoms with Crippen molar-refractivity contribution in [3.8, 4) is 6.07 Å². The van der Waals surface area contributed by atoms with Gasteiger partial charge in [-0.3, -0.25) is 4.79 Å². The number of carbonyl (C=O) groups excluding carboxylic acids is 1. The minimum atomic E-state index is -4.01. The van der Waals surface area contributed by atoms with Gasteiger partial charge < -0.3 is 10.5 Å². The SMILES string of the molecule is CCOC(=O)C(C)NS(=O)(=O)c1ccc(N)cc1C#N. The molecular formula is C12H15N3O4S. The van der Waals surface area contributed by atoms with E-state index in [0.717, 1.165) is 0 Å². The molecule has 7 nitrogen and oxygen atoms in total. The molecule has 0 bridgehead atoms. The largest absolute Gasteiger partial charge is 0.465 e. The molecule has 0 amide bonds. The third-order valence-electron chi connectivity index (χ3n) is 2.39. The fourth-order valence-electron chi connectivity index (χ4n) is 1.48. The van der Waals surface area contributed by atoms with Crippen molar-refractivity contribution in [1.29, 1.82) is 5.26 Å². The highest BCUT2D eigenvalue weighted by Crippen LogP contribution is 2.18. The molecule has 1 aromatic rings. The first-order chi connectivity index (χ1) is 9.31. The van der Waals surface area contributed by atoms with E-state index in [1.54, 1.807) is 13.0 Å². The van der Waals surface area contributed by atoms with Gasteiger partial charge in [-0.25, -0.2) is 8.42 Å². The molecule has 108 valence electrons. The maximum absolute atomic E-state index is 12.1. The summed E-state index contributed by atoms with van der Waals surface area (Å²) in [4.78, 5) is 11.2. The average molecular weight is 297 g/mol. The number of carbonyl (C=O) groups is 1. The second-order valence-corrected chi connectivity index (χ2v) is 5.64. The monoisotopic (exact) mass is 297 g/mol. The van der Waals surface area contributed by atoms with E-state index in [-0.39, 0.29) is 22.8 Å². The topological polar surface area (TPSA) is 122 Å². The van der Waals surface area contributed by atoms with Crippen molar-refractivity contribution >= 4 is 21.7 Å². The molecule has 0 radical (unpaired) electrons. The van der Waals surface area contributed by atoms with E-state index in [4.69, 9.17) is 15.7 Å². The summed E-state index contributed by atoms with van der Waals surface area (Å²) >= 11 is 0. The number of esters is 1. The Morgan fingerprint density at radius 1 is 1.55 bits per heavy atom. The number of nitriles is 1. The van der Waals surface area contributed by atoms with Crippen molar-refractivity contribution in [2.75, 3.05) is 12.3 Å². The zero-order chi connectivity index (χ0) is 15.3. The lowest BCUT2D eigenvalue weighted by molar-refractivity contribution is -0.144. The van der Waals surface area contributed by atoms with Crippen molar-refractivity contribution in [3.63, 3.8) is 0 Å². The number of nitrogens with one attached hydrogen (secondary N) is 1. The van der Waals surface area contributed by atoms with Crippen LogP contribution in [-0.4, -0.2) is 27.0 Å². The second-order valence-electron chi connectivity index (χ2n) is 3.96. The number of benzene rings is 1. The molecule has 1 unspecified atom stereocenters. The van der Waals surface area contributed by atoms with E-state index in [2.05, 4.69) is 4.72 Å². The number of nitrogen functional groups attached to an aromatic ring is 1. The van der Waals surface area contributed by atoms with Gasteiger partial charge in [0.1, 0.15) is 12.1 Å². The summed E-state index contributed by atoms with van der Waals surface area (Å²) in [6, 6.07) is 4.54. The molecule has 0 aliphatic rings. The van der Waals surface area contributed by atoms with Gasteiger partial charge in [-0.2, -0.15) is 9.98 Å². The van der Waals surface area contributed by atoms with E-state index in [0.29, 0.717) is 0 Å². The van der Waals surface area contributed by atoms with Gasteiger partial charge >= 0.3 is 5.97 Å². The molecule has 1 aromatic carbocycles. The molecule has 3 N–H and O–H groups in total. The number of ether oxygens (including phenoxy) is 1. The highest BCUT2D eigenvalue weighted by atomic mass is 32.2. The summed E-state index contributed by atoms with van der Waals surface area (Å²) in [6.45, 7) is 3.13. The number of anilines is 1. The number of nitrogens with two attached hydrogens (primary N) is 1. The predicted molar refractivity (Wildman–Crippen MR) is 72.0 cm³/mol. The van der Waals surface area contributed by atoms with Crippen LogP contribution in [0.15, 0.2) is 23.1 Å². The Morgan fingerprint density at radius 2 is 2.20 bits per heavy atom. The quantitative estimate of drug-likeness (QED) is 0.598. The van der Waals surface area contributed by atoms with Crippen LogP contribution in [-0.2, 0) is 19.6 Å². The van der Waals surface area contributed by atoms with E-state index >= 15 is 0 Å². The molecule has 20 heavy (non-hydrogen) atoms. The minimum Gasteiger partial charge on any atom is -0.465 e. The van der Waals surface area contributed by atoms with Crippen LogP contribution < -0.4 is 10.5 Å². The molecule has 0 saturated heterocycles. The predicted octanol–water partition coefficient (Wildman–Crippen LogP) is 0.370. The van der Waals surface area contributed by atoms with Crippen LogP contribution in [0.25, 0.3) is 0 Å². The third-order valence-corrected chi connectivity index (χ3v) is 3.98.